The van der Waals surface area contributed by atoms with Crippen molar-refractivity contribution in [3.8, 4) is 0 Å². The number of fused-ring (bicyclic) bond motifs is 1. The van der Waals surface area contributed by atoms with Crippen LogP contribution in [-0.2, 0) is 13.0 Å². The van der Waals surface area contributed by atoms with Crippen LogP contribution in [0.2, 0.25) is 0 Å². The predicted octanol–water partition coefficient (Wildman–Crippen LogP) is 3.41. The number of hydrogen-bond acceptors (Lipinski definition) is 4. The number of rotatable bonds is 5. The third kappa shape index (κ3) is 3.76. The molecule has 1 fully saturated rings. The molecule has 1 saturated carbocycles. The number of nitrogens with one attached hydrogen (secondary N) is 2. The zero-order valence-corrected chi connectivity index (χ0v) is 15.4. The summed E-state index contributed by atoms with van der Waals surface area (Å²) in [7, 11) is 0. The maximum absolute atomic E-state index is 12.7. The summed E-state index contributed by atoms with van der Waals surface area (Å²) in [6.45, 7) is 7.24. The van der Waals surface area contributed by atoms with E-state index in [9.17, 15) is 4.79 Å². The molecule has 0 unspecified atom stereocenters. The Kier molecular flexibility index (Phi) is 4.01. The summed E-state index contributed by atoms with van der Waals surface area (Å²) in [5.41, 5.74) is 1.94. The molecular weight excluding hydrogens is 328 g/mol. The summed E-state index contributed by atoms with van der Waals surface area (Å²) in [5, 5.41) is 7.31. The topological polar surface area (TPSA) is 88.5 Å². The van der Waals surface area contributed by atoms with E-state index in [0.717, 1.165) is 24.7 Å². The van der Waals surface area contributed by atoms with Crippen LogP contribution in [0.25, 0.3) is 11.2 Å². The first-order valence-corrected chi connectivity index (χ1v) is 9.06. The van der Waals surface area contributed by atoms with Gasteiger partial charge in [-0.15, -0.1) is 0 Å². The van der Waals surface area contributed by atoms with Gasteiger partial charge in [-0.1, -0.05) is 20.8 Å². The quantitative estimate of drug-likeness (QED) is 0.736. The Morgan fingerprint density at radius 1 is 1.35 bits per heavy atom. The van der Waals surface area contributed by atoms with E-state index in [1.165, 1.54) is 12.8 Å². The van der Waals surface area contributed by atoms with E-state index < -0.39 is 0 Å². The molecule has 0 bridgehead atoms. The van der Waals surface area contributed by atoms with Gasteiger partial charge in [-0.3, -0.25) is 9.48 Å². The van der Waals surface area contributed by atoms with Crippen LogP contribution in [-0.4, -0.2) is 30.6 Å². The highest BCUT2D eigenvalue weighted by Gasteiger charge is 2.24. The molecule has 2 N–H and O–H groups in total. The smallest absolute Gasteiger partial charge is 0.259 e. The second kappa shape index (κ2) is 6.23. The van der Waals surface area contributed by atoms with Crippen LogP contribution >= 0.6 is 0 Å². The Morgan fingerprint density at radius 3 is 2.88 bits per heavy atom. The van der Waals surface area contributed by atoms with Gasteiger partial charge in [0.2, 0.25) is 0 Å². The van der Waals surface area contributed by atoms with Gasteiger partial charge in [-0.25, -0.2) is 9.97 Å². The van der Waals surface area contributed by atoms with Crippen LogP contribution in [0.15, 0.2) is 24.5 Å². The van der Waals surface area contributed by atoms with E-state index in [1.54, 1.807) is 12.3 Å². The lowest BCUT2D eigenvalue weighted by Crippen LogP contribution is -2.17. The van der Waals surface area contributed by atoms with Crippen molar-refractivity contribution < 1.29 is 4.79 Å². The molecule has 3 aromatic heterocycles. The van der Waals surface area contributed by atoms with Crippen molar-refractivity contribution in [2.24, 2.45) is 11.3 Å². The largest absolute Gasteiger partial charge is 0.340 e. The number of nitrogens with zero attached hydrogens (tertiary/aromatic N) is 4. The number of pyridine rings is 1. The lowest BCUT2D eigenvalue weighted by Gasteiger charge is -2.17. The van der Waals surface area contributed by atoms with E-state index in [4.69, 9.17) is 0 Å². The van der Waals surface area contributed by atoms with Crippen LogP contribution in [0.3, 0.4) is 0 Å². The average Bonchev–Trinajstić information content (AvgIpc) is 3.10. The average molecular weight is 352 g/mol. The molecule has 1 amide bonds. The highest BCUT2D eigenvalue weighted by Crippen LogP contribution is 2.32. The molecule has 0 aliphatic heterocycles. The van der Waals surface area contributed by atoms with Gasteiger partial charge < -0.3 is 10.3 Å². The zero-order chi connectivity index (χ0) is 18.3. The fourth-order valence-electron chi connectivity index (χ4n) is 3.03. The van der Waals surface area contributed by atoms with Crippen molar-refractivity contribution in [3.05, 3.63) is 35.9 Å². The third-order valence-electron chi connectivity index (χ3n) is 4.38. The van der Waals surface area contributed by atoms with E-state index in [1.807, 2.05) is 16.9 Å². The van der Waals surface area contributed by atoms with Crippen molar-refractivity contribution >= 4 is 22.9 Å². The van der Waals surface area contributed by atoms with Gasteiger partial charge in [0.05, 0.1) is 11.1 Å². The molecule has 7 heteroatoms. The standard InChI is InChI=1S/C19H24N6O/c1-19(2,3)11-25-9-7-14(24-25)23-18(26)13-6-8-20-17-16(13)21-15(22-17)10-12-4-5-12/h6-9,12H,4-5,10-11H2,1-3H3,(H,20,21,22)(H,23,24,26). The van der Waals surface area contributed by atoms with Gasteiger partial charge in [0, 0.05) is 31.4 Å². The van der Waals surface area contributed by atoms with Crippen molar-refractivity contribution in [3.63, 3.8) is 0 Å². The van der Waals surface area contributed by atoms with Crippen molar-refractivity contribution in [2.75, 3.05) is 5.32 Å². The summed E-state index contributed by atoms with van der Waals surface area (Å²) in [6, 6.07) is 3.52. The number of aromatic amines is 1. The minimum absolute atomic E-state index is 0.123. The summed E-state index contributed by atoms with van der Waals surface area (Å²) in [4.78, 5) is 24.8. The Hall–Kier alpha value is -2.70. The predicted molar refractivity (Wildman–Crippen MR) is 100.0 cm³/mol. The molecule has 26 heavy (non-hydrogen) atoms. The second-order valence-corrected chi connectivity index (χ2v) is 8.30. The van der Waals surface area contributed by atoms with Crippen LogP contribution < -0.4 is 5.32 Å². The van der Waals surface area contributed by atoms with Gasteiger partial charge in [-0.2, -0.15) is 5.10 Å². The summed E-state index contributed by atoms with van der Waals surface area (Å²) < 4.78 is 1.85. The van der Waals surface area contributed by atoms with Gasteiger partial charge in [-0.05, 0) is 30.2 Å². The molecule has 0 radical (unpaired) electrons. The van der Waals surface area contributed by atoms with Crippen molar-refractivity contribution in [1.29, 1.82) is 0 Å². The maximum atomic E-state index is 12.7. The highest BCUT2D eigenvalue weighted by atomic mass is 16.1. The Morgan fingerprint density at radius 2 is 2.15 bits per heavy atom. The molecule has 0 aromatic carbocycles. The first-order chi connectivity index (χ1) is 12.4. The number of hydrogen-bond donors (Lipinski definition) is 2. The number of H-pyrrole nitrogens is 1. The molecule has 0 saturated heterocycles. The number of anilines is 1. The maximum Gasteiger partial charge on any atom is 0.259 e. The number of imidazole rings is 1. The molecule has 0 spiro atoms. The fourth-order valence-corrected chi connectivity index (χ4v) is 3.03. The van der Waals surface area contributed by atoms with Gasteiger partial charge >= 0.3 is 0 Å². The van der Waals surface area contributed by atoms with Gasteiger partial charge in [0.1, 0.15) is 5.82 Å². The van der Waals surface area contributed by atoms with Crippen LogP contribution in [0.1, 0.15) is 49.8 Å². The van der Waals surface area contributed by atoms with E-state index in [0.29, 0.717) is 22.5 Å². The molecule has 1 aliphatic carbocycles. The van der Waals surface area contributed by atoms with Crippen molar-refractivity contribution in [1.82, 2.24) is 24.7 Å². The highest BCUT2D eigenvalue weighted by molar-refractivity contribution is 6.10. The SMILES string of the molecule is CC(C)(C)Cn1ccc(NC(=O)c2ccnc3nc(CC4CC4)[nH]c23)n1. The minimum atomic E-state index is -0.208. The molecular formula is C19H24N6O. The minimum Gasteiger partial charge on any atom is -0.340 e. The van der Waals surface area contributed by atoms with Crippen molar-refractivity contribution in [2.45, 2.75) is 46.6 Å². The fraction of sp³-hybridized carbons (Fsp3) is 0.474. The van der Waals surface area contributed by atoms with Crippen LogP contribution in [0.4, 0.5) is 5.82 Å². The molecule has 7 nitrogen and oxygen atoms in total. The van der Waals surface area contributed by atoms with E-state index in [2.05, 4.69) is 46.1 Å². The van der Waals surface area contributed by atoms with Gasteiger partial charge in [0.25, 0.3) is 5.91 Å². The Labute approximate surface area is 152 Å². The normalized spacial score (nSPS) is 14.7. The third-order valence-corrected chi connectivity index (χ3v) is 4.38. The summed E-state index contributed by atoms with van der Waals surface area (Å²) in [5.74, 6) is 1.96. The molecule has 3 aromatic rings. The van der Waals surface area contributed by atoms with E-state index >= 15 is 0 Å². The lowest BCUT2D eigenvalue weighted by molar-refractivity contribution is 0.102. The molecule has 3 heterocycles. The lowest BCUT2D eigenvalue weighted by atomic mass is 9.97. The monoisotopic (exact) mass is 352 g/mol. The summed E-state index contributed by atoms with van der Waals surface area (Å²) >= 11 is 0. The van der Waals surface area contributed by atoms with Gasteiger partial charge in [0.15, 0.2) is 11.5 Å². The van der Waals surface area contributed by atoms with Crippen LogP contribution in [0.5, 0.6) is 0 Å². The number of amides is 1. The second-order valence-electron chi connectivity index (χ2n) is 8.30. The van der Waals surface area contributed by atoms with Crippen LogP contribution in [0, 0.1) is 11.3 Å². The first-order valence-electron chi connectivity index (χ1n) is 9.06. The first kappa shape index (κ1) is 16.8. The molecule has 0 atom stereocenters. The zero-order valence-electron chi connectivity index (χ0n) is 15.4. The Bertz CT molecular complexity index is 944. The molecule has 1 aliphatic rings. The van der Waals surface area contributed by atoms with E-state index in [-0.39, 0.29) is 11.3 Å². The number of carbonyl (C=O) groups is 1. The molecule has 4 rings (SSSR count). The molecule has 136 valence electrons. The Balaban J connectivity index is 1.53. The number of carbonyl (C=O) groups excluding carboxylic acids is 1. The number of aromatic nitrogens is 5. The summed E-state index contributed by atoms with van der Waals surface area (Å²) in [6.07, 6.45) is 6.95.